The van der Waals surface area contributed by atoms with Crippen LogP contribution >= 0.6 is 0 Å². The van der Waals surface area contributed by atoms with E-state index in [4.69, 9.17) is 0 Å². The third-order valence-electron chi connectivity index (χ3n) is 6.30. The van der Waals surface area contributed by atoms with Crippen LogP contribution in [0.15, 0.2) is 54.6 Å². The van der Waals surface area contributed by atoms with Gasteiger partial charge < -0.3 is 9.80 Å². The molecule has 2 saturated heterocycles. The Morgan fingerprint density at radius 2 is 1.77 bits per heavy atom. The smallest absolute Gasteiger partial charge is 0.242 e. The first-order valence-electron chi connectivity index (χ1n) is 11.0. The molecule has 1 amide bonds. The molecule has 4 rings (SSSR count). The summed E-state index contributed by atoms with van der Waals surface area (Å²) in [4.78, 5) is 19.5. The molecule has 1 unspecified atom stereocenters. The normalized spacial score (nSPS) is 21.2. The van der Waals surface area contributed by atoms with Crippen LogP contribution in [0, 0.1) is 6.92 Å². The van der Waals surface area contributed by atoms with Crippen LogP contribution in [0.3, 0.4) is 0 Å². The Kier molecular flexibility index (Phi) is 6.62. The van der Waals surface area contributed by atoms with E-state index in [9.17, 15) is 13.2 Å². The van der Waals surface area contributed by atoms with Gasteiger partial charge in [0.25, 0.3) is 0 Å². The number of amides is 1. The predicted molar refractivity (Wildman–Crippen MR) is 124 cm³/mol. The average molecular weight is 442 g/mol. The van der Waals surface area contributed by atoms with Crippen LogP contribution in [0.5, 0.6) is 0 Å². The lowest BCUT2D eigenvalue weighted by Crippen LogP contribution is -2.54. The van der Waals surface area contributed by atoms with Crippen LogP contribution in [0.25, 0.3) is 0 Å². The Bertz CT molecular complexity index is 1000. The number of rotatable bonds is 6. The highest BCUT2D eigenvalue weighted by Gasteiger charge is 2.34. The quantitative estimate of drug-likeness (QED) is 0.689. The zero-order chi connectivity index (χ0) is 21.8. The molecule has 2 aromatic rings. The van der Waals surface area contributed by atoms with Crippen molar-refractivity contribution in [3.05, 3.63) is 65.7 Å². The number of carbonyl (C=O) groups excluding carboxylic acids is 1. The van der Waals surface area contributed by atoms with Crippen LogP contribution in [0.2, 0.25) is 0 Å². The molecule has 2 heterocycles. The fraction of sp³-hybridized carbons (Fsp3) is 0.458. The van der Waals surface area contributed by atoms with Gasteiger partial charge in [-0.25, -0.2) is 8.42 Å². The number of sulfone groups is 1. The van der Waals surface area contributed by atoms with E-state index in [1.165, 1.54) is 11.1 Å². The molecule has 0 radical (unpaired) electrons. The Hall–Kier alpha value is -2.38. The zero-order valence-electron chi connectivity index (χ0n) is 18.1. The fourth-order valence-electron chi connectivity index (χ4n) is 4.53. The number of carbonyl (C=O) groups is 1. The Labute approximate surface area is 185 Å². The van der Waals surface area contributed by atoms with Crippen LogP contribution < -0.4 is 4.90 Å². The minimum atomic E-state index is -2.88. The molecule has 7 heteroatoms. The van der Waals surface area contributed by atoms with Crippen molar-refractivity contribution >= 4 is 21.4 Å². The lowest BCUT2D eigenvalue weighted by atomic mass is 10.1. The van der Waals surface area contributed by atoms with Crippen molar-refractivity contribution in [2.24, 2.45) is 0 Å². The summed E-state index contributed by atoms with van der Waals surface area (Å²) in [5, 5.41) is 0. The molecular weight excluding hydrogens is 410 g/mol. The first-order valence-corrected chi connectivity index (χ1v) is 12.8. The number of hydrogen-bond donors (Lipinski definition) is 0. The van der Waals surface area contributed by atoms with E-state index in [0.717, 1.165) is 18.8 Å². The summed E-state index contributed by atoms with van der Waals surface area (Å²) < 4.78 is 23.6. The van der Waals surface area contributed by atoms with Gasteiger partial charge in [0.15, 0.2) is 9.84 Å². The second kappa shape index (κ2) is 9.40. The van der Waals surface area contributed by atoms with E-state index < -0.39 is 9.84 Å². The lowest BCUT2D eigenvalue weighted by molar-refractivity contribution is -0.131. The average Bonchev–Trinajstić information content (AvgIpc) is 3.14. The first-order chi connectivity index (χ1) is 14.9. The standard InChI is InChI=1S/C24H31N3O3S/c1-20-6-5-9-22(16-20)27(17-21-7-3-2-4-8-21)18-24(28)26-13-11-25(12-14-26)23-10-15-31(29,30)19-23/h2-9,16,23H,10-15,17-19H2,1H3. The van der Waals surface area contributed by atoms with Crippen molar-refractivity contribution in [1.29, 1.82) is 0 Å². The zero-order valence-corrected chi connectivity index (χ0v) is 18.9. The van der Waals surface area contributed by atoms with Crippen molar-refractivity contribution in [3.63, 3.8) is 0 Å². The number of benzene rings is 2. The molecule has 6 nitrogen and oxygen atoms in total. The molecular formula is C24H31N3O3S. The Balaban J connectivity index is 1.39. The van der Waals surface area contributed by atoms with Crippen LogP contribution in [-0.2, 0) is 21.2 Å². The van der Waals surface area contributed by atoms with Gasteiger partial charge in [0.05, 0.1) is 18.1 Å². The van der Waals surface area contributed by atoms with E-state index >= 15 is 0 Å². The largest absolute Gasteiger partial charge is 0.358 e. The number of hydrogen-bond acceptors (Lipinski definition) is 5. The van der Waals surface area contributed by atoms with Crippen LogP contribution in [0.1, 0.15) is 17.5 Å². The summed E-state index contributed by atoms with van der Waals surface area (Å²) in [6.45, 7) is 5.87. The van der Waals surface area contributed by atoms with E-state index in [1.807, 2.05) is 29.2 Å². The minimum absolute atomic E-state index is 0.115. The molecule has 0 N–H and O–H groups in total. The molecule has 31 heavy (non-hydrogen) atoms. The van der Waals surface area contributed by atoms with E-state index in [2.05, 4.69) is 47.1 Å². The molecule has 2 fully saturated rings. The maximum Gasteiger partial charge on any atom is 0.242 e. The van der Waals surface area contributed by atoms with Gasteiger partial charge in [-0.2, -0.15) is 0 Å². The van der Waals surface area contributed by atoms with Crippen molar-refractivity contribution in [2.75, 3.05) is 49.1 Å². The number of anilines is 1. The van der Waals surface area contributed by atoms with Crippen molar-refractivity contribution in [2.45, 2.75) is 25.9 Å². The summed E-state index contributed by atoms with van der Waals surface area (Å²) >= 11 is 0. The maximum absolute atomic E-state index is 13.2. The minimum Gasteiger partial charge on any atom is -0.358 e. The number of piperazine rings is 1. The third-order valence-corrected chi connectivity index (χ3v) is 8.05. The van der Waals surface area contributed by atoms with Crippen molar-refractivity contribution in [3.8, 4) is 0 Å². The molecule has 0 aromatic heterocycles. The van der Waals surface area contributed by atoms with Gasteiger partial charge >= 0.3 is 0 Å². The molecule has 2 aliphatic rings. The fourth-order valence-corrected chi connectivity index (χ4v) is 6.29. The summed E-state index contributed by atoms with van der Waals surface area (Å²) in [6.07, 6.45) is 0.717. The second-order valence-corrected chi connectivity index (χ2v) is 10.9. The van der Waals surface area contributed by atoms with Crippen LogP contribution in [-0.4, -0.2) is 74.4 Å². The SMILES string of the molecule is Cc1cccc(N(CC(=O)N2CCN(C3CCS(=O)(=O)C3)CC2)Cc2ccccc2)c1. The Morgan fingerprint density at radius 3 is 2.42 bits per heavy atom. The molecule has 2 aromatic carbocycles. The topological polar surface area (TPSA) is 60.9 Å². The molecule has 0 saturated carbocycles. The second-order valence-electron chi connectivity index (χ2n) is 8.65. The summed E-state index contributed by atoms with van der Waals surface area (Å²) in [7, 11) is -2.88. The first kappa shape index (κ1) is 21.8. The summed E-state index contributed by atoms with van der Waals surface area (Å²) in [5.41, 5.74) is 3.39. The van der Waals surface area contributed by atoms with E-state index in [-0.39, 0.29) is 17.7 Å². The van der Waals surface area contributed by atoms with Gasteiger partial charge in [0, 0.05) is 44.5 Å². The van der Waals surface area contributed by atoms with Crippen molar-refractivity contribution < 1.29 is 13.2 Å². The highest BCUT2D eigenvalue weighted by Crippen LogP contribution is 2.21. The summed E-state index contributed by atoms with van der Waals surface area (Å²) in [6, 6.07) is 18.6. The molecule has 2 aliphatic heterocycles. The summed E-state index contributed by atoms with van der Waals surface area (Å²) in [5.74, 6) is 0.678. The van der Waals surface area contributed by atoms with Gasteiger partial charge in [0.2, 0.25) is 5.91 Å². The molecule has 0 bridgehead atoms. The van der Waals surface area contributed by atoms with E-state index in [0.29, 0.717) is 38.4 Å². The van der Waals surface area contributed by atoms with Gasteiger partial charge in [0.1, 0.15) is 0 Å². The van der Waals surface area contributed by atoms with Gasteiger partial charge in [-0.05, 0) is 36.6 Å². The number of nitrogens with zero attached hydrogens (tertiary/aromatic N) is 3. The van der Waals surface area contributed by atoms with Gasteiger partial charge in [-0.15, -0.1) is 0 Å². The predicted octanol–water partition coefficient (Wildman–Crippen LogP) is 2.33. The van der Waals surface area contributed by atoms with Gasteiger partial charge in [-0.3, -0.25) is 9.69 Å². The van der Waals surface area contributed by atoms with Crippen molar-refractivity contribution in [1.82, 2.24) is 9.80 Å². The number of aryl methyl sites for hydroxylation is 1. The van der Waals surface area contributed by atoms with E-state index in [1.54, 1.807) is 0 Å². The van der Waals surface area contributed by atoms with Gasteiger partial charge in [-0.1, -0.05) is 42.5 Å². The highest BCUT2D eigenvalue weighted by molar-refractivity contribution is 7.91. The Morgan fingerprint density at radius 1 is 1.03 bits per heavy atom. The molecule has 166 valence electrons. The third kappa shape index (κ3) is 5.66. The highest BCUT2D eigenvalue weighted by atomic mass is 32.2. The van der Waals surface area contributed by atoms with Crippen LogP contribution in [0.4, 0.5) is 5.69 Å². The maximum atomic E-state index is 13.2. The lowest BCUT2D eigenvalue weighted by Gasteiger charge is -2.38. The molecule has 0 spiro atoms. The monoisotopic (exact) mass is 441 g/mol. The molecule has 0 aliphatic carbocycles. The molecule has 1 atom stereocenters.